The molecule has 5 rings (SSSR count). The molecule has 3 heterocycles. The molecule has 32 heavy (non-hydrogen) atoms. The van der Waals surface area contributed by atoms with Gasteiger partial charge in [0.15, 0.2) is 5.78 Å². The van der Waals surface area contributed by atoms with Crippen LogP contribution in [0.4, 0.5) is 0 Å². The number of hydrogen-bond acceptors (Lipinski definition) is 4. The van der Waals surface area contributed by atoms with E-state index in [4.69, 9.17) is 4.52 Å². The number of carbonyl (C=O) groups excluding carboxylic acids is 2. The molecular weight excluding hydrogens is 470 g/mol. The molecule has 0 radical (unpaired) electrons. The zero-order chi connectivity index (χ0) is 22.2. The van der Waals surface area contributed by atoms with Crippen LogP contribution in [0.1, 0.15) is 43.3 Å². The third kappa shape index (κ3) is 3.69. The average molecular weight is 490 g/mol. The van der Waals surface area contributed by atoms with Crippen molar-refractivity contribution in [1.82, 2.24) is 15.0 Å². The van der Waals surface area contributed by atoms with Crippen LogP contribution in [0.5, 0.6) is 0 Å². The fourth-order valence-corrected chi connectivity index (χ4v) is 4.34. The Morgan fingerprint density at radius 3 is 2.62 bits per heavy atom. The van der Waals surface area contributed by atoms with Gasteiger partial charge in [0, 0.05) is 34.9 Å². The van der Waals surface area contributed by atoms with Gasteiger partial charge in [0.05, 0.1) is 5.56 Å². The number of nitrogens with one attached hydrogen (secondary N) is 1. The molecule has 1 N–H and O–H groups in total. The summed E-state index contributed by atoms with van der Waals surface area (Å²) in [5.74, 6) is 0.0873. The summed E-state index contributed by atoms with van der Waals surface area (Å²) in [5.41, 5.74) is 4.91. The molecule has 0 fully saturated rings. The minimum absolute atomic E-state index is 0.117. The van der Waals surface area contributed by atoms with Crippen LogP contribution < -0.4 is 0 Å². The van der Waals surface area contributed by atoms with Gasteiger partial charge in [-0.2, -0.15) is 0 Å². The third-order valence-corrected chi connectivity index (χ3v) is 6.33. The number of aryl methyl sites for hydroxylation is 1. The summed E-state index contributed by atoms with van der Waals surface area (Å²) in [6.45, 7) is 2.93. The van der Waals surface area contributed by atoms with Crippen molar-refractivity contribution in [3.8, 4) is 11.3 Å². The van der Waals surface area contributed by atoms with Gasteiger partial charge in [0.2, 0.25) is 0 Å². The van der Waals surface area contributed by atoms with E-state index in [2.05, 4.69) is 38.2 Å². The second kappa shape index (κ2) is 8.24. The van der Waals surface area contributed by atoms with E-state index in [1.807, 2.05) is 36.4 Å². The van der Waals surface area contributed by atoms with Gasteiger partial charge < -0.3 is 14.4 Å². The lowest BCUT2D eigenvalue weighted by Gasteiger charge is -2.28. The second-order valence-electron chi connectivity index (χ2n) is 7.85. The number of halogens is 1. The van der Waals surface area contributed by atoms with Crippen LogP contribution >= 0.6 is 15.9 Å². The Labute approximate surface area is 193 Å². The number of carbonyl (C=O) groups is 2. The molecule has 2 aromatic carbocycles. The van der Waals surface area contributed by atoms with Crippen molar-refractivity contribution in [2.45, 2.75) is 19.9 Å². The summed E-state index contributed by atoms with van der Waals surface area (Å²) >= 11 is 3.41. The summed E-state index contributed by atoms with van der Waals surface area (Å²) in [7, 11) is 0. The Bertz CT molecular complexity index is 1320. The number of nitrogens with zero attached hydrogens (tertiary/aromatic N) is 2. The van der Waals surface area contributed by atoms with Gasteiger partial charge in [-0.15, -0.1) is 0 Å². The van der Waals surface area contributed by atoms with E-state index in [0.717, 1.165) is 22.0 Å². The first kappa shape index (κ1) is 20.5. The predicted molar refractivity (Wildman–Crippen MR) is 123 cm³/mol. The zero-order valence-corrected chi connectivity index (χ0v) is 19.0. The summed E-state index contributed by atoms with van der Waals surface area (Å²) in [6.07, 6.45) is 2.40. The molecule has 0 aliphatic carbocycles. The Hall–Kier alpha value is -3.45. The maximum absolute atomic E-state index is 13.3. The predicted octanol–water partition coefficient (Wildman–Crippen LogP) is 5.17. The van der Waals surface area contributed by atoms with Crippen molar-refractivity contribution < 1.29 is 14.1 Å². The van der Waals surface area contributed by atoms with Crippen LogP contribution in [0, 0.1) is 6.92 Å². The molecule has 160 valence electrons. The fourth-order valence-electron chi connectivity index (χ4n) is 4.08. The molecule has 7 heteroatoms. The minimum atomic E-state index is -0.235. The molecule has 1 amide bonds. The first-order valence-electron chi connectivity index (χ1n) is 10.3. The highest BCUT2D eigenvalue weighted by Gasteiger charge is 2.26. The average Bonchev–Trinajstić information content (AvgIpc) is 3.46. The Kier molecular flexibility index (Phi) is 5.27. The van der Waals surface area contributed by atoms with E-state index in [9.17, 15) is 9.59 Å². The fraction of sp³-hybridized carbons (Fsp3) is 0.160. The molecule has 0 saturated heterocycles. The molecule has 0 spiro atoms. The lowest BCUT2D eigenvalue weighted by atomic mass is 9.99. The van der Waals surface area contributed by atoms with Crippen molar-refractivity contribution in [2.75, 3.05) is 6.54 Å². The molecule has 1 aliphatic rings. The second-order valence-corrected chi connectivity index (χ2v) is 8.76. The lowest BCUT2D eigenvalue weighted by Crippen LogP contribution is -2.36. The van der Waals surface area contributed by atoms with Gasteiger partial charge in [-0.3, -0.25) is 9.59 Å². The van der Waals surface area contributed by atoms with Crippen molar-refractivity contribution in [2.24, 2.45) is 0 Å². The zero-order valence-electron chi connectivity index (χ0n) is 17.4. The van der Waals surface area contributed by atoms with Crippen LogP contribution in [-0.2, 0) is 13.0 Å². The van der Waals surface area contributed by atoms with E-state index in [0.29, 0.717) is 41.4 Å². The van der Waals surface area contributed by atoms with E-state index in [1.165, 1.54) is 5.56 Å². The molecule has 2 aromatic heterocycles. The summed E-state index contributed by atoms with van der Waals surface area (Å²) in [4.78, 5) is 31.2. The van der Waals surface area contributed by atoms with Crippen LogP contribution in [-0.4, -0.2) is 33.3 Å². The number of fused-ring (bicyclic) bond motifs is 1. The van der Waals surface area contributed by atoms with E-state index in [1.54, 1.807) is 24.1 Å². The highest BCUT2D eigenvalue weighted by atomic mass is 79.9. The smallest absolute Gasteiger partial charge is 0.270 e. The van der Waals surface area contributed by atoms with Crippen LogP contribution in [0.3, 0.4) is 0 Å². The first-order valence-corrected chi connectivity index (χ1v) is 11.1. The minimum Gasteiger partial charge on any atom is -0.360 e. The molecule has 6 nitrogen and oxygen atoms in total. The number of H-pyrrole nitrogens is 1. The Morgan fingerprint density at radius 2 is 1.84 bits per heavy atom. The number of aromatic amines is 1. The standard InChI is InChI=1S/C25H20BrN3O3/c1-15-22(23(28-32-15)17-6-8-20(26)9-7-17)24(30)19-12-21(27-13-19)25(31)29-11-10-16-4-2-3-5-18(16)14-29/h2-9,12-13,27H,10-11,14H2,1H3. The maximum Gasteiger partial charge on any atom is 0.270 e. The monoisotopic (exact) mass is 489 g/mol. The quantitative estimate of drug-likeness (QED) is 0.401. The van der Waals surface area contributed by atoms with Crippen molar-refractivity contribution in [3.63, 3.8) is 0 Å². The van der Waals surface area contributed by atoms with Crippen molar-refractivity contribution in [3.05, 3.63) is 99.0 Å². The Morgan fingerprint density at radius 1 is 1.09 bits per heavy atom. The highest BCUT2D eigenvalue weighted by molar-refractivity contribution is 9.10. The van der Waals surface area contributed by atoms with E-state index >= 15 is 0 Å². The molecule has 1 aliphatic heterocycles. The van der Waals surface area contributed by atoms with E-state index < -0.39 is 0 Å². The largest absolute Gasteiger partial charge is 0.360 e. The summed E-state index contributed by atoms with van der Waals surface area (Å²) in [5, 5.41) is 4.10. The van der Waals surface area contributed by atoms with Gasteiger partial charge in [0.25, 0.3) is 5.91 Å². The van der Waals surface area contributed by atoms with Gasteiger partial charge in [0.1, 0.15) is 17.1 Å². The number of ketones is 1. The van der Waals surface area contributed by atoms with Gasteiger partial charge >= 0.3 is 0 Å². The first-order chi connectivity index (χ1) is 15.5. The van der Waals surface area contributed by atoms with Crippen LogP contribution in [0.2, 0.25) is 0 Å². The molecule has 0 unspecified atom stereocenters. The number of hydrogen-bond donors (Lipinski definition) is 1. The van der Waals surface area contributed by atoms with Crippen LogP contribution in [0.15, 0.2) is 69.8 Å². The summed E-state index contributed by atoms with van der Waals surface area (Å²) < 4.78 is 6.27. The lowest BCUT2D eigenvalue weighted by molar-refractivity contribution is 0.0729. The number of rotatable bonds is 4. The Balaban J connectivity index is 1.40. The normalized spacial score (nSPS) is 13.1. The van der Waals surface area contributed by atoms with Crippen molar-refractivity contribution in [1.29, 1.82) is 0 Å². The molecule has 0 atom stereocenters. The van der Waals surface area contributed by atoms with Gasteiger partial charge in [-0.05, 0) is 42.7 Å². The third-order valence-electron chi connectivity index (χ3n) is 5.80. The number of benzene rings is 2. The van der Waals surface area contributed by atoms with E-state index in [-0.39, 0.29) is 11.7 Å². The van der Waals surface area contributed by atoms with Gasteiger partial charge in [-0.25, -0.2) is 0 Å². The topological polar surface area (TPSA) is 79.2 Å². The summed E-state index contributed by atoms with van der Waals surface area (Å²) in [6, 6.07) is 17.3. The number of amides is 1. The molecular formula is C25H20BrN3O3. The molecule has 4 aromatic rings. The molecule has 0 saturated carbocycles. The SMILES string of the molecule is Cc1onc(-c2ccc(Br)cc2)c1C(=O)c1c[nH]c(C(=O)N2CCc3ccccc3C2)c1. The maximum atomic E-state index is 13.3. The van der Waals surface area contributed by atoms with Crippen molar-refractivity contribution >= 4 is 27.6 Å². The highest BCUT2D eigenvalue weighted by Crippen LogP contribution is 2.29. The number of aromatic nitrogens is 2. The van der Waals surface area contributed by atoms with Gasteiger partial charge in [-0.1, -0.05) is 57.5 Å². The van der Waals surface area contributed by atoms with Crippen LogP contribution in [0.25, 0.3) is 11.3 Å². The molecule has 0 bridgehead atoms.